The third kappa shape index (κ3) is 2.19. The lowest BCUT2D eigenvalue weighted by Crippen LogP contribution is -2.12. The minimum absolute atomic E-state index is 0.103. The lowest BCUT2D eigenvalue weighted by atomic mass is 10.2. The Morgan fingerprint density at radius 1 is 1.38 bits per heavy atom. The average Bonchev–Trinajstić information content (AvgIpc) is 2.02. The molecule has 0 aliphatic rings. The predicted octanol–water partition coefficient (Wildman–Crippen LogP) is 0.651. The number of hydrogen-bond acceptors (Lipinski definition) is 3. The molecule has 0 radical (unpaired) electrons. The molecule has 0 bridgehead atoms. The lowest BCUT2D eigenvalue weighted by molar-refractivity contribution is 0.411. The van der Waals surface area contributed by atoms with Gasteiger partial charge in [-0.3, -0.25) is 0 Å². The Balaban J connectivity index is 3.26. The Morgan fingerprint density at radius 3 is 2.38 bits per heavy atom. The lowest BCUT2D eigenvalue weighted by Gasteiger charge is -2.05. The van der Waals surface area contributed by atoms with E-state index in [0.717, 1.165) is 5.56 Å². The van der Waals surface area contributed by atoms with E-state index in [1.807, 2.05) is 0 Å². The number of ether oxygens (including phenoxy) is 1. The first kappa shape index (κ1) is 10.0. The Bertz CT molecular complexity index is 411. The number of benzene rings is 1. The molecule has 0 atom stereocenters. The maximum absolute atomic E-state index is 10.9. The zero-order chi connectivity index (χ0) is 10.1. The molecule has 1 rings (SSSR count). The molecule has 5 heteroatoms. The summed E-state index contributed by atoms with van der Waals surface area (Å²) in [6.45, 7) is 1.76. The molecule has 0 spiro atoms. The molecule has 0 aliphatic carbocycles. The van der Waals surface area contributed by atoms with E-state index in [1.165, 1.54) is 19.2 Å². The summed E-state index contributed by atoms with van der Waals surface area (Å²) in [7, 11) is -2.08. The molecule has 0 fully saturated rings. The second-order valence-electron chi connectivity index (χ2n) is 2.68. The summed E-state index contributed by atoms with van der Waals surface area (Å²) in [6.07, 6.45) is 0. The first-order chi connectivity index (χ1) is 5.95. The number of methoxy groups -OCH3 is 1. The number of rotatable bonds is 2. The quantitative estimate of drug-likeness (QED) is 0.763. The van der Waals surface area contributed by atoms with Crippen molar-refractivity contribution in [2.45, 2.75) is 11.8 Å². The maximum Gasteiger partial charge on any atom is 0.238 e. The van der Waals surface area contributed by atoms with Crippen molar-refractivity contribution in [1.82, 2.24) is 0 Å². The van der Waals surface area contributed by atoms with Gasteiger partial charge in [0.2, 0.25) is 10.0 Å². The monoisotopic (exact) mass is 201 g/mol. The summed E-state index contributed by atoms with van der Waals surface area (Å²) in [5.74, 6) is 0.646. The number of aryl methyl sites for hydroxylation is 1. The van der Waals surface area contributed by atoms with Gasteiger partial charge in [-0.05, 0) is 30.7 Å². The Morgan fingerprint density at radius 2 is 2.00 bits per heavy atom. The van der Waals surface area contributed by atoms with Gasteiger partial charge in [-0.15, -0.1) is 0 Å². The Kier molecular flexibility index (Phi) is 2.58. The first-order valence-corrected chi connectivity index (χ1v) is 5.17. The fourth-order valence-electron chi connectivity index (χ4n) is 1.03. The van der Waals surface area contributed by atoms with Gasteiger partial charge in [0, 0.05) is 0 Å². The average molecular weight is 201 g/mol. The smallest absolute Gasteiger partial charge is 0.238 e. The van der Waals surface area contributed by atoms with Gasteiger partial charge in [0.25, 0.3) is 0 Å². The number of nitrogens with two attached hydrogens (primary N) is 1. The van der Waals surface area contributed by atoms with Crippen LogP contribution in [0.1, 0.15) is 5.56 Å². The van der Waals surface area contributed by atoms with Gasteiger partial charge in [-0.1, -0.05) is 0 Å². The molecule has 0 saturated heterocycles. The standard InChI is InChI=1S/C8H11NO3S/c1-6-5-7(13(9,10)11)3-4-8(6)12-2/h3-5H,1-2H3,(H2,9,10,11). The van der Waals surface area contributed by atoms with Crippen LogP contribution in [-0.4, -0.2) is 15.5 Å². The van der Waals surface area contributed by atoms with Gasteiger partial charge in [0.05, 0.1) is 12.0 Å². The first-order valence-electron chi connectivity index (χ1n) is 3.62. The number of hydrogen-bond donors (Lipinski definition) is 1. The SMILES string of the molecule is COc1ccc(S(N)(=O)=O)cc1C. The highest BCUT2D eigenvalue weighted by molar-refractivity contribution is 7.89. The molecule has 2 N–H and O–H groups in total. The van der Waals surface area contributed by atoms with Crippen LogP contribution in [0.3, 0.4) is 0 Å². The molecule has 72 valence electrons. The van der Waals surface area contributed by atoms with E-state index in [2.05, 4.69) is 0 Å². The van der Waals surface area contributed by atoms with Crippen molar-refractivity contribution in [3.8, 4) is 5.75 Å². The van der Waals surface area contributed by atoms with Gasteiger partial charge in [0.1, 0.15) is 5.75 Å². The third-order valence-corrected chi connectivity index (χ3v) is 2.61. The highest BCUT2D eigenvalue weighted by Gasteiger charge is 2.09. The van der Waals surface area contributed by atoms with Crippen LogP contribution in [0.5, 0.6) is 5.75 Å². The van der Waals surface area contributed by atoms with Crippen LogP contribution >= 0.6 is 0 Å². The molecular weight excluding hydrogens is 190 g/mol. The van der Waals surface area contributed by atoms with Crippen LogP contribution in [0.4, 0.5) is 0 Å². The Labute approximate surface area is 77.4 Å². The number of sulfonamides is 1. The van der Waals surface area contributed by atoms with Crippen molar-refractivity contribution in [1.29, 1.82) is 0 Å². The molecule has 1 aromatic carbocycles. The van der Waals surface area contributed by atoms with E-state index in [-0.39, 0.29) is 4.90 Å². The van der Waals surface area contributed by atoms with Gasteiger partial charge in [-0.2, -0.15) is 0 Å². The van der Waals surface area contributed by atoms with Crippen molar-refractivity contribution in [3.05, 3.63) is 23.8 Å². The Hall–Kier alpha value is -1.07. The van der Waals surface area contributed by atoms with Crippen molar-refractivity contribution >= 4 is 10.0 Å². The fraction of sp³-hybridized carbons (Fsp3) is 0.250. The zero-order valence-corrected chi connectivity index (χ0v) is 8.26. The largest absolute Gasteiger partial charge is 0.496 e. The molecule has 0 saturated carbocycles. The van der Waals surface area contributed by atoms with Crippen LogP contribution in [0.15, 0.2) is 23.1 Å². The molecular formula is C8H11NO3S. The van der Waals surface area contributed by atoms with Gasteiger partial charge >= 0.3 is 0 Å². The van der Waals surface area contributed by atoms with E-state index in [0.29, 0.717) is 5.75 Å². The van der Waals surface area contributed by atoms with E-state index in [4.69, 9.17) is 9.88 Å². The number of primary sulfonamides is 1. The second kappa shape index (κ2) is 3.35. The highest BCUT2D eigenvalue weighted by atomic mass is 32.2. The molecule has 0 heterocycles. The van der Waals surface area contributed by atoms with Crippen LogP contribution < -0.4 is 9.88 Å². The minimum Gasteiger partial charge on any atom is -0.496 e. The normalized spacial score (nSPS) is 11.3. The summed E-state index contributed by atoms with van der Waals surface area (Å²) in [4.78, 5) is 0.103. The molecule has 4 nitrogen and oxygen atoms in total. The summed E-state index contributed by atoms with van der Waals surface area (Å²) in [5, 5.41) is 4.95. The molecule has 1 aromatic rings. The van der Waals surface area contributed by atoms with Crippen molar-refractivity contribution in [2.24, 2.45) is 5.14 Å². The van der Waals surface area contributed by atoms with Crippen LogP contribution in [-0.2, 0) is 10.0 Å². The fourth-order valence-corrected chi connectivity index (χ4v) is 1.63. The summed E-state index contributed by atoms with van der Waals surface area (Å²) in [6, 6.07) is 4.48. The summed E-state index contributed by atoms with van der Waals surface area (Å²) < 4.78 is 26.8. The van der Waals surface area contributed by atoms with Crippen LogP contribution in [0.2, 0.25) is 0 Å². The molecule has 0 unspecified atom stereocenters. The van der Waals surface area contributed by atoms with Gasteiger partial charge < -0.3 is 4.74 Å². The maximum atomic E-state index is 10.9. The molecule has 0 amide bonds. The minimum atomic E-state index is -3.61. The predicted molar refractivity (Wildman–Crippen MR) is 49.1 cm³/mol. The summed E-state index contributed by atoms with van der Waals surface area (Å²) in [5.41, 5.74) is 0.744. The zero-order valence-electron chi connectivity index (χ0n) is 7.44. The highest BCUT2D eigenvalue weighted by Crippen LogP contribution is 2.20. The van der Waals surface area contributed by atoms with E-state index in [1.54, 1.807) is 13.0 Å². The van der Waals surface area contributed by atoms with Crippen molar-refractivity contribution in [2.75, 3.05) is 7.11 Å². The van der Waals surface area contributed by atoms with Crippen LogP contribution in [0, 0.1) is 6.92 Å². The van der Waals surface area contributed by atoms with Crippen LogP contribution in [0.25, 0.3) is 0 Å². The topological polar surface area (TPSA) is 69.4 Å². The molecule has 0 aromatic heterocycles. The van der Waals surface area contributed by atoms with Gasteiger partial charge in [-0.25, -0.2) is 13.6 Å². The van der Waals surface area contributed by atoms with Crippen molar-refractivity contribution in [3.63, 3.8) is 0 Å². The van der Waals surface area contributed by atoms with E-state index in [9.17, 15) is 8.42 Å². The van der Waals surface area contributed by atoms with E-state index >= 15 is 0 Å². The van der Waals surface area contributed by atoms with Crippen molar-refractivity contribution < 1.29 is 13.2 Å². The third-order valence-electron chi connectivity index (χ3n) is 1.69. The second-order valence-corrected chi connectivity index (χ2v) is 4.24. The summed E-state index contributed by atoms with van der Waals surface area (Å²) >= 11 is 0. The molecule has 0 aliphatic heterocycles. The molecule has 13 heavy (non-hydrogen) atoms. The van der Waals surface area contributed by atoms with Gasteiger partial charge in [0.15, 0.2) is 0 Å². The van der Waals surface area contributed by atoms with E-state index < -0.39 is 10.0 Å².